The van der Waals surface area contributed by atoms with Crippen LogP contribution in [0.15, 0.2) is 0 Å². The molecule has 0 aliphatic carbocycles. The van der Waals surface area contributed by atoms with Gasteiger partial charge in [-0.25, -0.2) is 0 Å². The highest BCUT2D eigenvalue weighted by molar-refractivity contribution is 5.37. The minimum atomic E-state index is 0.288. The van der Waals surface area contributed by atoms with Crippen molar-refractivity contribution in [3.63, 3.8) is 0 Å². The fourth-order valence-corrected chi connectivity index (χ4v) is 3.31. The fraction of sp³-hybridized carbons (Fsp3) is 0.824. The zero-order valence-corrected chi connectivity index (χ0v) is 15.3. The Balaban J connectivity index is 1.61. The van der Waals surface area contributed by atoms with E-state index in [4.69, 9.17) is 4.74 Å². The summed E-state index contributed by atoms with van der Waals surface area (Å²) in [6.07, 6.45) is 3.42. The predicted molar refractivity (Wildman–Crippen MR) is 95.7 cm³/mol. The molecule has 1 N–H and O–H groups in total. The maximum Gasteiger partial charge on any atom is 0.229 e. The van der Waals surface area contributed by atoms with Crippen LogP contribution >= 0.6 is 0 Å². The van der Waals surface area contributed by atoms with Crippen molar-refractivity contribution in [3.8, 4) is 0 Å². The summed E-state index contributed by atoms with van der Waals surface area (Å²) in [5.41, 5.74) is 0. The number of hydrogen-bond donors (Lipinski definition) is 1. The van der Waals surface area contributed by atoms with E-state index >= 15 is 0 Å². The van der Waals surface area contributed by atoms with Gasteiger partial charge in [0.25, 0.3) is 0 Å². The zero-order chi connectivity index (χ0) is 17.1. The summed E-state index contributed by atoms with van der Waals surface area (Å²) < 4.78 is 5.52. The molecule has 2 aliphatic rings. The number of piperidine rings is 1. The Morgan fingerprint density at radius 1 is 1.12 bits per heavy atom. The monoisotopic (exact) mass is 334 g/mol. The van der Waals surface area contributed by atoms with Crippen molar-refractivity contribution in [2.45, 2.75) is 51.1 Å². The van der Waals surface area contributed by atoms with Gasteiger partial charge in [0.2, 0.25) is 11.9 Å². The van der Waals surface area contributed by atoms with E-state index < -0.39 is 0 Å². The molecule has 7 heteroatoms. The van der Waals surface area contributed by atoms with E-state index in [0.717, 1.165) is 50.9 Å². The lowest BCUT2D eigenvalue weighted by atomic mass is 10.0. The smallest absolute Gasteiger partial charge is 0.229 e. The first-order valence-corrected chi connectivity index (χ1v) is 9.04. The molecule has 3 heterocycles. The van der Waals surface area contributed by atoms with E-state index in [-0.39, 0.29) is 5.92 Å². The Hall–Kier alpha value is -1.47. The summed E-state index contributed by atoms with van der Waals surface area (Å²) in [4.78, 5) is 18.2. The van der Waals surface area contributed by atoms with E-state index in [0.29, 0.717) is 18.0 Å². The van der Waals surface area contributed by atoms with Gasteiger partial charge in [0.1, 0.15) is 5.82 Å². The maximum atomic E-state index is 5.52. The van der Waals surface area contributed by atoms with Crippen molar-refractivity contribution in [1.82, 2.24) is 19.9 Å². The number of likely N-dealkylation sites (tertiary alicyclic amines) is 1. The van der Waals surface area contributed by atoms with Gasteiger partial charge in [-0.05, 0) is 19.3 Å². The third kappa shape index (κ3) is 4.13. The molecular formula is C17H30N6O. The van der Waals surface area contributed by atoms with E-state index in [1.54, 1.807) is 0 Å². The molecule has 2 saturated heterocycles. The zero-order valence-electron chi connectivity index (χ0n) is 15.3. The average molecular weight is 334 g/mol. The molecule has 3 rings (SSSR count). The quantitative estimate of drug-likeness (QED) is 0.879. The molecule has 134 valence electrons. The second-order valence-electron chi connectivity index (χ2n) is 7.34. The molecule has 1 aromatic rings. The van der Waals surface area contributed by atoms with E-state index in [2.05, 4.69) is 39.0 Å². The van der Waals surface area contributed by atoms with Crippen LogP contribution in [0.2, 0.25) is 0 Å². The number of anilines is 2. The van der Waals surface area contributed by atoms with E-state index in [9.17, 15) is 0 Å². The summed E-state index contributed by atoms with van der Waals surface area (Å²) in [5.74, 6) is 2.56. The van der Waals surface area contributed by atoms with Crippen LogP contribution in [0.3, 0.4) is 0 Å². The number of rotatable bonds is 5. The van der Waals surface area contributed by atoms with Gasteiger partial charge in [0.05, 0.1) is 6.61 Å². The van der Waals surface area contributed by atoms with Crippen LogP contribution in [0.4, 0.5) is 11.9 Å². The van der Waals surface area contributed by atoms with Gasteiger partial charge in [-0.1, -0.05) is 13.8 Å². The normalized spacial score (nSPS) is 23.0. The summed E-state index contributed by atoms with van der Waals surface area (Å²) in [7, 11) is 3.93. The van der Waals surface area contributed by atoms with Crippen LogP contribution in [0.25, 0.3) is 0 Å². The molecule has 0 spiro atoms. The van der Waals surface area contributed by atoms with Gasteiger partial charge in [-0.3, -0.25) is 4.90 Å². The van der Waals surface area contributed by atoms with Crippen LogP contribution < -0.4 is 10.2 Å². The first-order valence-electron chi connectivity index (χ1n) is 9.04. The number of hydrogen-bond acceptors (Lipinski definition) is 7. The first kappa shape index (κ1) is 17.4. The number of ether oxygens (including phenoxy) is 1. The highest BCUT2D eigenvalue weighted by Gasteiger charge is 2.28. The molecule has 2 fully saturated rings. The fourth-order valence-electron chi connectivity index (χ4n) is 3.31. The van der Waals surface area contributed by atoms with E-state index in [1.165, 1.54) is 6.42 Å². The Morgan fingerprint density at radius 3 is 2.46 bits per heavy atom. The Morgan fingerprint density at radius 2 is 1.88 bits per heavy atom. The lowest BCUT2D eigenvalue weighted by molar-refractivity contribution is 0.124. The van der Waals surface area contributed by atoms with Gasteiger partial charge in [-0.2, -0.15) is 15.0 Å². The SMILES string of the molecule is CC(C)c1nc(NC2CCN(C3CCOC3)CC2)nc(N(C)C)n1. The second kappa shape index (κ2) is 7.61. The van der Waals surface area contributed by atoms with Gasteiger partial charge >= 0.3 is 0 Å². The van der Waals surface area contributed by atoms with Crippen molar-refractivity contribution in [3.05, 3.63) is 5.82 Å². The number of nitrogens with zero attached hydrogens (tertiary/aromatic N) is 5. The summed E-state index contributed by atoms with van der Waals surface area (Å²) in [6.45, 7) is 8.28. The molecule has 1 unspecified atom stereocenters. The minimum Gasteiger partial charge on any atom is -0.380 e. The van der Waals surface area contributed by atoms with Crippen LogP contribution in [0, 0.1) is 0 Å². The topological polar surface area (TPSA) is 66.4 Å². The van der Waals surface area contributed by atoms with Crippen molar-refractivity contribution in [2.24, 2.45) is 0 Å². The molecule has 7 nitrogen and oxygen atoms in total. The molecule has 24 heavy (non-hydrogen) atoms. The van der Waals surface area contributed by atoms with Crippen molar-refractivity contribution in [2.75, 3.05) is 50.6 Å². The Bertz CT molecular complexity index is 510. The number of nitrogens with one attached hydrogen (secondary N) is 1. The molecule has 2 aliphatic heterocycles. The van der Waals surface area contributed by atoms with Gasteiger partial charge in [0, 0.05) is 51.8 Å². The molecule has 0 radical (unpaired) electrons. The van der Waals surface area contributed by atoms with Crippen molar-refractivity contribution >= 4 is 11.9 Å². The molecule has 0 aromatic carbocycles. The van der Waals surface area contributed by atoms with Gasteiger partial charge in [-0.15, -0.1) is 0 Å². The van der Waals surface area contributed by atoms with Gasteiger partial charge < -0.3 is 15.0 Å². The molecular weight excluding hydrogens is 304 g/mol. The van der Waals surface area contributed by atoms with Crippen LogP contribution in [0.1, 0.15) is 44.9 Å². The minimum absolute atomic E-state index is 0.288. The van der Waals surface area contributed by atoms with E-state index in [1.807, 2.05) is 19.0 Å². The highest BCUT2D eigenvalue weighted by Crippen LogP contribution is 2.21. The van der Waals surface area contributed by atoms with Crippen LogP contribution in [-0.2, 0) is 4.74 Å². The molecule has 0 saturated carbocycles. The largest absolute Gasteiger partial charge is 0.380 e. The predicted octanol–water partition coefficient (Wildman–Crippen LogP) is 1.73. The van der Waals surface area contributed by atoms with Crippen LogP contribution in [-0.4, -0.2) is 72.3 Å². The molecule has 0 bridgehead atoms. The number of aromatic nitrogens is 3. The van der Waals surface area contributed by atoms with Crippen molar-refractivity contribution < 1.29 is 4.74 Å². The first-order chi connectivity index (χ1) is 11.5. The Labute approximate surface area is 144 Å². The third-order valence-electron chi connectivity index (χ3n) is 4.84. The summed E-state index contributed by atoms with van der Waals surface area (Å²) in [6, 6.07) is 1.05. The van der Waals surface area contributed by atoms with Crippen LogP contribution in [0.5, 0.6) is 0 Å². The summed E-state index contributed by atoms with van der Waals surface area (Å²) in [5, 5.41) is 3.54. The van der Waals surface area contributed by atoms with Gasteiger partial charge in [0.15, 0.2) is 0 Å². The second-order valence-corrected chi connectivity index (χ2v) is 7.34. The third-order valence-corrected chi connectivity index (χ3v) is 4.84. The lowest BCUT2D eigenvalue weighted by Gasteiger charge is -2.35. The molecule has 1 aromatic heterocycles. The molecule has 0 amide bonds. The highest BCUT2D eigenvalue weighted by atomic mass is 16.5. The van der Waals surface area contributed by atoms with Crippen molar-refractivity contribution in [1.29, 1.82) is 0 Å². The average Bonchev–Trinajstić information content (AvgIpc) is 3.09. The molecule has 1 atom stereocenters. The Kier molecular flexibility index (Phi) is 5.50. The summed E-state index contributed by atoms with van der Waals surface area (Å²) >= 11 is 0. The lowest BCUT2D eigenvalue weighted by Crippen LogP contribution is -2.45. The standard InChI is InChI=1S/C17H30N6O/c1-12(2)15-19-16(21-17(20-15)22(3)4)18-13-5-8-23(9-6-13)14-7-10-24-11-14/h12-14H,5-11H2,1-4H3,(H,18,19,20,21). The maximum absolute atomic E-state index is 5.52.